The Morgan fingerprint density at radius 3 is 2.75 bits per heavy atom. The van der Waals surface area contributed by atoms with E-state index in [4.69, 9.17) is 30.2 Å². The Morgan fingerprint density at radius 2 is 2.08 bits per heavy atom. The molecule has 0 bridgehead atoms. The van der Waals surface area contributed by atoms with Crippen LogP contribution >= 0.6 is 11.6 Å². The number of nitrogens with zero attached hydrogens (tertiary/aromatic N) is 6. The maximum Gasteiger partial charge on any atom is 0.326 e. The zero-order valence-corrected chi connectivity index (χ0v) is 23.2. The summed E-state index contributed by atoms with van der Waals surface area (Å²) in [4.78, 5) is 31.8. The van der Waals surface area contributed by atoms with E-state index in [0.717, 1.165) is 5.69 Å². The Hall–Kier alpha value is -3.61. The summed E-state index contributed by atoms with van der Waals surface area (Å²) in [5.74, 6) is 0.914. The van der Waals surface area contributed by atoms with Gasteiger partial charge in [-0.2, -0.15) is 4.98 Å². The number of hydrogen-bond acceptors (Lipinski definition) is 11. The normalized spacial score (nSPS) is 23.8. The second-order valence-corrected chi connectivity index (χ2v) is 11.0. The van der Waals surface area contributed by atoms with E-state index in [2.05, 4.69) is 26.8 Å². The van der Waals surface area contributed by atoms with Crippen LogP contribution in [0.2, 0.25) is 5.02 Å². The summed E-state index contributed by atoms with van der Waals surface area (Å²) in [7, 11) is 3.66. The third kappa shape index (κ3) is 4.80. The minimum absolute atomic E-state index is 0.00922. The largest absolute Gasteiger partial charge is 0.480 e. The van der Waals surface area contributed by atoms with E-state index in [1.54, 1.807) is 40.5 Å². The van der Waals surface area contributed by atoms with Crippen LogP contribution < -0.4 is 19.4 Å². The molecule has 0 radical (unpaired) electrons. The lowest BCUT2D eigenvalue weighted by Crippen LogP contribution is -2.68. The number of morpholine rings is 1. The fourth-order valence-electron chi connectivity index (χ4n) is 5.46. The van der Waals surface area contributed by atoms with Gasteiger partial charge in [-0.05, 0) is 25.1 Å². The zero-order valence-electron chi connectivity index (χ0n) is 22.5. The Balaban J connectivity index is 1.29. The predicted octanol–water partition coefficient (Wildman–Crippen LogP) is 2.96. The lowest BCUT2D eigenvalue weighted by molar-refractivity contribution is -0.228. The lowest BCUT2D eigenvalue weighted by atomic mass is 9.90. The summed E-state index contributed by atoms with van der Waals surface area (Å²) in [5.41, 5.74) is 0.931. The van der Waals surface area contributed by atoms with Gasteiger partial charge in [0.05, 0.1) is 43.7 Å². The number of anilines is 3. The summed E-state index contributed by atoms with van der Waals surface area (Å²) in [5, 5.41) is 10.6. The maximum atomic E-state index is 12.4. The molecule has 3 aromatic rings. The van der Waals surface area contributed by atoms with Crippen LogP contribution in [0.1, 0.15) is 13.3 Å². The van der Waals surface area contributed by atoms with Crippen LogP contribution in [0.15, 0.2) is 41.1 Å². The fourth-order valence-corrected chi connectivity index (χ4v) is 5.61. The number of carbonyl (C=O) groups is 1. The molecule has 3 aliphatic rings. The van der Waals surface area contributed by atoms with Gasteiger partial charge in [-0.25, -0.2) is 14.8 Å². The highest BCUT2D eigenvalue weighted by Gasteiger charge is 2.50. The molecular formula is C27H31ClN6O6. The van der Waals surface area contributed by atoms with Crippen LogP contribution in [0.3, 0.4) is 0 Å². The van der Waals surface area contributed by atoms with E-state index in [0.29, 0.717) is 67.0 Å². The van der Waals surface area contributed by atoms with Gasteiger partial charge in [0.1, 0.15) is 34.9 Å². The third-order valence-corrected chi connectivity index (χ3v) is 7.95. The van der Waals surface area contributed by atoms with Crippen LogP contribution in [-0.2, 0) is 14.3 Å². The molecule has 1 N–H and O–H groups in total. The molecule has 212 valence electrons. The molecule has 0 saturated carbocycles. The summed E-state index contributed by atoms with van der Waals surface area (Å²) >= 11 is 6.37. The van der Waals surface area contributed by atoms with E-state index in [-0.39, 0.29) is 18.1 Å². The van der Waals surface area contributed by atoms with E-state index >= 15 is 0 Å². The first-order valence-electron chi connectivity index (χ1n) is 13.1. The number of ether oxygens (including phenoxy) is 3. The number of pyridine rings is 1. The molecule has 0 aliphatic carbocycles. The van der Waals surface area contributed by atoms with E-state index in [9.17, 15) is 9.90 Å². The van der Waals surface area contributed by atoms with Crippen molar-refractivity contribution in [2.45, 2.75) is 37.1 Å². The van der Waals surface area contributed by atoms with Gasteiger partial charge in [-0.1, -0.05) is 11.6 Å². The van der Waals surface area contributed by atoms with Crippen molar-refractivity contribution in [2.75, 3.05) is 61.7 Å². The average Bonchev–Trinajstić information content (AvgIpc) is 3.60. The molecule has 6 heterocycles. The van der Waals surface area contributed by atoms with E-state index < -0.39 is 18.1 Å². The number of carboxylic acid groups (broad SMARTS) is 1. The van der Waals surface area contributed by atoms with Crippen LogP contribution in [0.4, 0.5) is 17.5 Å². The van der Waals surface area contributed by atoms with Gasteiger partial charge in [-0.3, -0.25) is 0 Å². The second kappa shape index (κ2) is 10.4. The van der Waals surface area contributed by atoms with Crippen LogP contribution in [-0.4, -0.2) is 96.8 Å². The molecule has 0 amide bonds. The number of rotatable bonds is 7. The number of halogens is 1. The molecule has 12 nitrogen and oxygen atoms in total. The molecule has 6 rings (SSSR count). The number of aliphatic carboxylic acids is 1. The summed E-state index contributed by atoms with van der Waals surface area (Å²) in [6.07, 6.45) is 2.89. The standard InChI is InChI=1S/C27H31ClN6O6/c1-16-27(14-37-15-27)39-8-6-33(16)20-9-17(28)12-29-24(20)40-18-10-21(25(35)36)34(13-18)23-11-19(22-5-4-7-38-22)30-26(31-23)32(2)3/h4-5,7,9,11-12,16,18,21H,6,8,10,13-15H2,1-3H3,(H,35,36)/t16-,18-,21-/m0/s1. The minimum atomic E-state index is -0.964. The van der Waals surface area contributed by atoms with Crippen molar-refractivity contribution < 1.29 is 28.5 Å². The minimum Gasteiger partial charge on any atom is -0.480 e. The van der Waals surface area contributed by atoms with Crippen LogP contribution in [0.25, 0.3) is 11.5 Å². The highest BCUT2D eigenvalue weighted by atomic mass is 35.5. The van der Waals surface area contributed by atoms with Gasteiger partial charge >= 0.3 is 5.97 Å². The third-order valence-electron chi connectivity index (χ3n) is 7.75. The Labute approximate surface area is 236 Å². The SMILES string of the molecule is C[C@@H]1N(c2cc(Cl)cnc2O[C@H]2C[C@@H](C(=O)O)N(c3cc(-c4ccco4)nc(N(C)C)n3)C2)CCOC12COC2. The van der Waals surface area contributed by atoms with Gasteiger partial charge in [-0.15, -0.1) is 0 Å². The predicted molar refractivity (Wildman–Crippen MR) is 147 cm³/mol. The van der Waals surface area contributed by atoms with Crippen molar-refractivity contribution in [3.05, 3.63) is 41.7 Å². The van der Waals surface area contributed by atoms with Crippen molar-refractivity contribution in [2.24, 2.45) is 0 Å². The molecule has 13 heteroatoms. The highest BCUT2D eigenvalue weighted by Crippen LogP contribution is 2.40. The molecule has 3 fully saturated rings. The Morgan fingerprint density at radius 1 is 1.25 bits per heavy atom. The monoisotopic (exact) mass is 570 g/mol. The molecular weight excluding hydrogens is 540 g/mol. The summed E-state index contributed by atoms with van der Waals surface area (Å²) in [6.45, 7) is 4.62. The maximum absolute atomic E-state index is 12.4. The van der Waals surface area contributed by atoms with Gasteiger partial charge in [0, 0.05) is 39.3 Å². The highest BCUT2D eigenvalue weighted by molar-refractivity contribution is 6.30. The first-order valence-corrected chi connectivity index (χ1v) is 13.5. The first kappa shape index (κ1) is 26.6. The number of hydrogen-bond donors (Lipinski definition) is 1. The smallest absolute Gasteiger partial charge is 0.326 e. The molecule has 0 unspecified atom stereocenters. The summed E-state index contributed by atoms with van der Waals surface area (Å²) in [6, 6.07) is 6.31. The lowest BCUT2D eigenvalue weighted by Gasteiger charge is -2.53. The average molecular weight is 571 g/mol. The molecule has 3 aliphatic heterocycles. The number of carboxylic acids is 1. The fraction of sp³-hybridized carbons (Fsp3) is 0.481. The quantitative estimate of drug-likeness (QED) is 0.448. The summed E-state index contributed by atoms with van der Waals surface area (Å²) < 4.78 is 23.5. The van der Waals surface area contributed by atoms with Crippen LogP contribution in [0.5, 0.6) is 5.88 Å². The first-order chi connectivity index (χ1) is 19.2. The molecule has 0 aromatic carbocycles. The van der Waals surface area contributed by atoms with Crippen molar-refractivity contribution in [3.8, 4) is 17.3 Å². The van der Waals surface area contributed by atoms with E-state index in [1.165, 1.54) is 0 Å². The van der Waals surface area contributed by atoms with Gasteiger partial charge in [0.2, 0.25) is 11.8 Å². The topological polar surface area (TPSA) is 127 Å². The van der Waals surface area contributed by atoms with E-state index in [1.807, 2.05) is 20.2 Å². The van der Waals surface area contributed by atoms with Gasteiger partial charge in [0.25, 0.3) is 0 Å². The molecule has 3 atom stereocenters. The van der Waals surface area contributed by atoms with Crippen molar-refractivity contribution in [1.29, 1.82) is 0 Å². The Kier molecular flexibility index (Phi) is 6.93. The Bertz CT molecular complexity index is 1380. The van der Waals surface area contributed by atoms with Gasteiger partial charge < -0.3 is 38.4 Å². The van der Waals surface area contributed by atoms with Crippen molar-refractivity contribution >= 4 is 35.0 Å². The molecule has 3 aromatic heterocycles. The van der Waals surface area contributed by atoms with Crippen molar-refractivity contribution in [1.82, 2.24) is 15.0 Å². The molecule has 1 spiro atoms. The number of aromatic nitrogens is 3. The molecule has 40 heavy (non-hydrogen) atoms. The van der Waals surface area contributed by atoms with Gasteiger partial charge in [0.15, 0.2) is 5.76 Å². The van der Waals surface area contributed by atoms with Crippen LogP contribution in [0, 0.1) is 0 Å². The van der Waals surface area contributed by atoms with Crippen molar-refractivity contribution in [3.63, 3.8) is 0 Å². The zero-order chi connectivity index (χ0) is 28.0. The molecule has 3 saturated heterocycles. The second-order valence-electron chi connectivity index (χ2n) is 10.5. The number of furan rings is 1.